The maximum Gasteiger partial charge on any atom is 0.120 e. The second-order valence-corrected chi connectivity index (χ2v) is 4.59. The highest BCUT2D eigenvalue weighted by Gasteiger charge is 2.19. The molecule has 0 unspecified atom stereocenters. The van der Waals surface area contributed by atoms with Crippen molar-refractivity contribution in [1.82, 2.24) is 5.32 Å². The molecule has 1 aliphatic carbocycles. The zero-order chi connectivity index (χ0) is 11.5. The smallest absolute Gasteiger partial charge is 0.120 e. The second kappa shape index (κ2) is 4.76. The molecule has 2 heteroatoms. The maximum atomic E-state index is 5.73. The molecule has 17 heavy (non-hydrogen) atoms. The summed E-state index contributed by atoms with van der Waals surface area (Å²) in [5, 5.41) is 5.94. The average molecular weight is 227 g/mol. The third kappa shape index (κ3) is 2.77. The van der Waals surface area contributed by atoms with Crippen molar-refractivity contribution in [2.24, 2.45) is 0 Å². The predicted octanol–water partition coefficient (Wildman–Crippen LogP) is 2.97. The molecule has 88 valence electrons. The van der Waals surface area contributed by atoms with Crippen LogP contribution < -0.4 is 10.1 Å². The molecule has 2 nitrogen and oxygen atoms in total. The van der Waals surface area contributed by atoms with Gasteiger partial charge in [-0.05, 0) is 35.7 Å². The zero-order valence-electron chi connectivity index (χ0n) is 9.86. The van der Waals surface area contributed by atoms with Gasteiger partial charge in [0.25, 0.3) is 0 Å². The number of fused-ring (bicyclic) bond motifs is 1. The molecule has 1 N–H and O–H groups in total. The molecule has 0 spiro atoms. The van der Waals surface area contributed by atoms with Crippen LogP contribution in [0.2, 0.25) is 0 Å². The summed E-state index contributed by atoms with van der Waals surface area (Å²) in [5.41, 5.74) is 0. The van der Waals surface area contributed by atoms with E-state index in [-0.39, 0.29) is 0 Å². The topological polar surface area (TPSA) is 21.3 Å². The molecule has 0 saturated heterocycles. The third-order valence-corrected chi connectivity index (χ3v) is 3.10. The number of rotatable bonds is 5. The summed E-state index contributed by atoms with van der Waals surface area (Å²) >= 11 is 0. The molecule has 1 saturated carbocycles. The molecule has 0 aromatic heterocycles. The molecule has 0 amide bonds. The van der Waals surface area contributed by atoms with Crippen LogP contribution in [-0.2, 0) is 0 Å². The van der Waals surface area contributed by atoms with E-state index < -0.39 is 0 Å². The molecular formula is C15H17NO. The van der Waals surface area contributed by atoms with Crippen LogP contribution in [0.5, 0.6) is 5.75 Å². The minimum Gasteiger partial charge on any atom is -0.492 e. The Labute approximate surface area is 102 Å². The van der Waals surface area contributed by atoms with Crippen molar-refractivity contribution in [3.8, 4) is 5.75 Å². The second-order valence-electron chi connectivity index (χ2n) is 4.59. The zero-order valence-corrected chi connectivity index (χ0v) is 9.86. The van der Waals surface area contributed by atoms with Crippen LogP contribution >= 0.6 is 0 Å². The van der Waals surface area contributed by atoms with E-state index in [9.17, 15) is 0 Å². The highest BCUT2D eigenvalue weighted by Crippen LogP contribution is 2.21. The van der Waals surface area contributed by atoms with Crippen molar-refractivity contribution in [2.75, 3.05) is 13.2 Å². The lowest BCUT2D eigenvalue weighted by Crippen LogP contribution is -2.22. The summed E-state index contributed by atoms with van der Waals surface area (Å²) in [6.07, 6.45) is 2.66. The van der Waals surface area contributed by atoms with Crippen molar-refractivity contribution >= 4 is 10.8 Å². The van der Waals surface area contributed by atoms with Gasteiger partial charge in [-0.1, -0.05) is 30.3 Å². The molecule has 2 aromatic carbocycles. The van der Waals surface area contributed by atoms with Gasteiger partial charge >= 0.3 is 0 Å². The number of ether oxygens (including phenoxy) is 1. The fourth-order valence-electron chi connectivity index (χ4n) is 1.98. The quantitative estimate of drug-likeness (QED) is 0.793. The SMILES string of the molecule is c1ccc2cc(OCCNC3CC3)ccc2c1. The number of hydrogen-bond donors (Lipinski definition) is 1. The summed E-state index contributed by atoms with van der Waals surface area (Å²) in [6, 6.07) is 15.4. The molecule has 0 radical (unpaired) electrons. The largest absolute Gasteiger partial charge is 0.492 e. The highest BCUT2D eigenvalue weighted by atomic mass is 16.5. The fraction of sp³-hybridized carbons (Fsp3) is 0.333. The van der Waals surface area contributed by atoms with Crippen LogP contribution in [0, 0.1) is 0 Å². The van der Waals surface area contributed by atoms with Gasteiger partial charge in [0.05, 0.1) is 0 Å². The van der Waals surface area contributed by atoms with E-state index in [0.717, 1.165) is 24.9 Å². The molecule has 1 fully saturated rings. The molecule has 2 aromatic rings. The lowest BCUT2D eigenvalue weighted by molar-refractivity contribution is 0.314. The Hall–Kier alpha value is -1.54. The van der Waals surface area contributed by atoms with Crippen LogP contribution in [0.1, 0.15) is 12.8 Å². The fourth-order valence-corrected chi connectivity index (χ4v) is 1.98. The van der Waals surface area contributed by atoms with Gasteiger partial charge in [0.15, 0.2) is 0 Å². The minimum atomic E-state index is 0.745. The number of benzene rings is 2. The Bertz CT molecular complexity index is 505. The van der Waals surface area contributed by atoms with Gasteiger partial charge in [-0.2, -0.15) is 0 Å². The van der Waals surface area contributed by atoms with E-state index in [2.05, 4.69) is 41.7 Å². The van der Waals surface area contributed by atoms with E-state index in [1.807, 2.05) is 6.07 Å². The summed E-state index contributed by atoms with van der Waals surface area (Å²) in [6.45, 7) is 1.69. The summed E-state index contributed by atoms with van der Waals surface area (Å²) in [7, 11) is 0. The van der Waals surface area contributed by atoms with E-state index >= 15 is 0 Å². The van der Waals surface area contributed by atoms with Crippen molar-refractivity contribution in [1.29, 1.82) is 0 Å². The van der Waals surface area contributed by atoms with Gasteiger partial charge in [-0.25, -0.2) is 0 Å². The molecule has 3 rings (SSSR count). The van der Waals surface area contributed by atoms with Crippen LogP contribution in [-0.4, -0.2) is 19.2 Å². The molecular weight excluding hydrogens is 210 g/mol. The Balaban J connectivity index is 1.59. The Kier molecular flexibility index (Phi) is 2.97. The van der Waals surface area contributed by atoms with E-state index in [1.165, 1.54) is 23.6 Å². The van der Waals surface area contributed by atoms with Gasteiger partial charge in [-0.15, -0.1) is 0 Å². The van der Waals surface area contributed by atoms with E-state index in [1.54, 1.807) is 0 Å². The van der Waals surface area contributed by atoms with Gasteiger partial charge in [0.1, 0.15) is 12.4 Å². The van der Waals surface area contributed by atoms with Crippen LogP contribution in [0.25, 0.3) is 10.8 Å². The van der Waals surface area contributed by atoms with Gasteiger partial charge < -0.3 is 10.1 Å². The number of nitrogens with one attached hydrogen (secondary N) is 1. The summed E-state index contributed by atoms with van der Waals surface area (Å²) in [5.74, 6) is 0.960. The molecule has 0 bridgehead atoms. The first kappa shape index (κ1) is 10.6. The van der Waals surface area contributed by atoms with Gasteiger partial charge in [-0.3, -0.25) is 0 Å². The van der Waals surface area contributed by atoms with E-state index in [4.69, 9.17) is 4.74 Å². The Morgan fingerprint density at radius 2 is 1.88 bits per heavy atom. The highest BCUT2D eigenvalue weighted by molar-refractivity contribution is 5.83. The lowest BCUT2D eigenvalue weighted by atomic mass is 10.1. The standard InChI is InChI=1S/C15H17NO/c1-2-4-13-11-15(8-5-12(13)3-1)17-10-9-16-14-6-7-14/h1-5,8,11,14,16H,6-7,9-10H2. The minimum absolute atomic E-state index is 0.745. The predicted molar refractivity (Wildman–Crippen MR) is 70.5 cm³/mol. The number of hydrogen-bond acceptors (Lipinski definition) is 2. The molecule has 0 heterocycles. The van der Waals surface area contributed by atoms with Crippen LogP contribution in [0.4, 0.5) is 0 Å². The van der Waals surface area contributed by atoms with Crippen molar-refractivity contribution < 1.29 is 4.74 Å². The van der Waals surface area contributed by atoms with Crippen molar-refractivity contribution in [2.45, 2.75) is 18.9 Å². The maximum absolute atomic E-state index is 5.73. The third-order valence-electron chi connectivity index (χ3n) is 3.10. The van der Waals surface area contributed by atoms with Gasteiger partial charge in [0.2, 0.25) is 0 Å². The first-order valence-corrected chi connectivity index (χ1v) is 6.27. The molecule has 0 atom stereocenters. The van der Waals surface area contributed by atoms with Crippen LogP contribution in [0.15, 0.2) is 42.5 Å². The van der Waals surface area contributed by atoms with Crippen LogP contribution in [0.3, 0.4) is 0 Å². The first-order chi connectivity index (χ1) is 8.42. The monoisotopic (exact) mass is 227 g/mol. The normalized spacial score (nSPS) is 15.1. The Morgan fingerprint density at radius 3 is 2.71 bits per heavy atom. The molecule has 1 aliphatic rings. The summed E-state index contributed by atoms with van der Waals surface area (Å²) < 4.78 is 5.73. The average Bonchev–Trinajstić information content (AvgIpc) is 3.18. The first-order valence-electron chi connectivity index (χ1n) is 6.27. The van der Waals surface area contributed by atoms with Gasteiger partial charge in [0, 0.05) is 12.6 Å². The lowest BCUT2D eigenvalue weighted by Gasteiger charge is -2.07. The molecule has 0 aliphatic heterocycles. The van der Waals surface area contributed by atoms with Crippen molar-refractivity contribution in [3.63, 3.8) is 0 Å². The van der Waals surface area contributed by atoms with E-state index in [0.29, 0.717) is 0 Å². The Morgan fingerprint density at radius 1 is 1.06 bits per heavy atom. The van der Waals surface area contributed by atoms with Crippen molar-refractivity contribution in [3.05, 3.63) is 42.5 Å². The summed E-state index contributed by atoms with van der Waals surface area (Å²) in [4.78, 5) is 0.